The monoisotopic (exact) mass is 377 g/mol. The van der Waals surface area contributed by atoms with Crippen molar-refractivity contribution in [2.45, 2.75) is 32.0 Å². The summed E-state index contributed by atoms with van der Waals surface area (Å²) in [6.07, 6.45) is 4.15. The molecule has 1 saturated heterocycles. The summed E-state index contributed by atoms with van der Waals surface area (Å²) in [5, 5.41) is 13.2. The van der Waals surface area contributed by atoms with E-state index in [1.54, 1.807) is 6.07 Å². The van der Waals surface area contributed by atoms with Gasteiger partial charge in [0.2, 0.25) is 0 Å². The van der Waals surface area contributed by atoms with Crippen LogP contribution in [0.1, 0.15) is 24.1 Å². The van der Waals surface area contributed by atoms with Gasteiger partial charge in [-0.3, -0.25) is 4.90 Å². The maximum absolute atomic E-state index is 9.55. The van der Waals surface area contributed by atoms with E-state index in [0.29, 0.717) is 11.7 Å². The third-order valence-corrected chi connectivity index (χ3v) is 5.34. The minimum atomic E-state index is 0.154. The quantitative estimate of drug-likeness (QED) is 0.391. The minimum absolute atomic E-state index is 0.154. The molecule has 0 aliphatic carbocycles. The Balaban J connectivity index is 1.24. The number of nitrogens with one attached hydrogen (secondary N) is 2. The third kappa shape index (κ3) is 4.52. The van der Waals surface area contributed by atoms with Gasteiger partial charge in [-0.1, -0.05) is 36.4 Å². The summed E-state index contributed by atoms with van der Waals surface area (Å²) >= 11 is 0. The van der Waals surface area contributed by atoms with Gasteiger partial charge >= 0.3 is 0 Å². The van der Waals surface area contributed by atoms with E-state index >= 15 is 0 Å². The second-order valence-electron chi connectivity index (χ2n) is 7.45. The zero-order valence-corrected chi connectivity index (χ0v) is 15.9. The Bertz CT molecular complexity index is 900. The molecular weight excluding hydrogens is 350 g/mol. The molecule has 1 aliphatic rings. The van der Waals surface area contributed by atoms with E-state index in [1.807, 2.05) is 36.5 Å². The zero-order valence-electron chi connectivity index (χ0n) is 15.9. The third-order valence-electron chi connectivity index (χ3n) is 5.34. The fraction of sp³-hybridized carbons (Fsp3) is 0.318. The van der Waals surface area contributed by atoms with E-state index in [2.05, 4.69) is 32.3 Å². The molecule has 0 unspecified atom stereocenters. The molecule has 0 spiro atoms. The molecule has 28 heavy (non-hydrogen) atoms. The number of piperidine rings is 1. The van der Waals surface area contributed by atoms with Crippen molar-refractivity contribution < 1.29 is 5.11 Å². The van der Waals surface area contributed by atoms with Crippen LogP contribution >= 0.6 is 0 Å². The summed E-state index contributed by atoms with van der Waals surface area (Å²) in [4.78, 5) is 10.3. The van der Waals surface area contributed by atoms with Crippen LogP contribution in [0.4, 0.5) is 5.69 Å². The van der Waals surface area contributed by atoms with Crippen LogP contribution < -0.4 is 11.1 Å². The van der Waals surface area contributed by atoms with Crippen molar-refractivity contribution in [2.75, 3.05) is 18.8 Å². The Labute approximate surface area is 165 Å². The number of aromatic amines is 1. The van der Waals surface area contributed by atoms with Crippen molar-refractivity contribution >= 4 is 5.69 Å². The highest BCUT2D eigenvalue weighted by Gasteiger charge is 2.19. The Hall–Kier alpha value is -2.83. The lowest BCUT2D eigenvalue weighted by molar-refractivity contribution is 0.190. The predicted molar refractivity (Wildman–Crippen MR) is 112 cm³/mol. The van der Waals surface area contributed by atoms with Gasteiger partial charge in [0.25, 0.3) is 0 Å². The van der Waals surface area contributed by atoms with Crippen LogP contribution in [-0.2, 0) is 13.1 Å². The number of imidazole rings is 1. The van der Waals surface area contributed by atoms with Gasteiger partial charge < -0.3 is 21.1 Å². The van der Waals surface area contributed by atoms with Crippen LogP contribution in [0.15, 0.2) is 54.7 Å². The second kappa shape index (κ2) is 8.46. The lowest BCUT2D eigenvalue weighted by Crippen LogP contribution is -2.41. The number of aromatic nitrogens is 2. The van der Waals surface area contributed by atoms with Gasteiger partial charge in [0, 0.05) is 36.6 Å². The molecule has 1 aromatic heterocycles. The fourth-order valence-electron chi connectivity index (χ4n) is 3.70. The molecule has 0 bridgehead atoms. The lowest BCUT2D eigenvalue weighted by atomic mass is 10.0. The number of anilines is 1. The molecule has 0 radical (unpaired) electrons. The SMILES string of the molecule is Nc1cc(CN2CCC(NCc3cnc(-c4ccccc4)[nH]3)CC2)ccc1O. The van der Waals surface area contributed by atoms with Crippen LogP contribution in [-0.4, -0.2) is 39.1 Å². The van der Waals surface area contributed by atoms with Crippen molar-refractivity contribution in [3.63, 3.8) is 0 Å². The number of phenolic OH excluding ortho intramolecular Hbond substituents is 1. The van der Waals surface area contributed by atoms with Crippen molar-refractivity contribution in [3.05, 3.63) is 66.0 Å². The van der Waals surface area contributed by atoms with Crippen LogP contribution in [0.3, 0.4) is 0 Å². The topological polar surface area (TPSA) is 90.2 Å². The average molecular weight is 377 g/mol. The number of benzene rings is 2. The van der Waals surface area contributed by atoms with Gasteiger partial charge in [-0.05, 0) is 43.6 Å². The highest BCUT2D eigenvalue weighted by molar-refractivity contribution is 5.54. The Morgan fingerprint density at radius 2 is 1.93 bits per heavy atom. The first kappa shape index (κ1) is 18.5. The van der Waals surface area contributed by atoms with E-state index in [9.17, 15) is 5.11 Å². The first-order valence-corrected chi connectivity index (χ1v) is 9.80. The molecule has 6 nitrogen and oxygen atoms in total. The highest BCUT2D eigenvalue weighted by atomic mass is 16.3. The number of rotatable bonds is 6. The van der Waals surface area contributed by atoms with E-state index in [4.69, 9.17) is 5.73 Å². The zero-order chi connectivity index (χ0) is 19.3. The number of likely N-dealkylation sites (tertiary alicyclic amines) is 1. The van der Waals surface area contributed by atoms with Gasteiger partial charge in [0.05, 0.1) is 5.69 Å². The summed E-state index contributed by atoms with van der Waals surface area (Å²) in [6, 6.07) is 16.2. The number of nitrogen functional groups attached to an aromatic ring is 1. The molecule has 0 amide bonds. The van der Waals surface area contributed by atoms with Crippen LogP contribution in [0, 0.1) is 0 Å². The first-order chi connectivity index (χ1) is 13.7. The molecule has 1 fully saturated rings. The summed E-state index contributed by atoms with van der Waals surface area (Å²) in [5.41, 5.74) is 9.61. The van der Waals surface area contributed by atoms with Crippen molar-refractivity contribution in [2.24, 2.45) is 0 Å². The number of H-pyrrole nitrogens is 1. The number of aromatic hydroxyl groups is 1. The molecule has 5 N–H and O–H groups in total. The normalized spacial score (nSPS) is 15.7. The molecule has 2 aromatic carbocycles. The predicted octanol–water partition coefficient (Wildman–Crippen LogP) is 3.12. The number of nitrogens with two attached hydrogens (primary N) is 1. The maximum atomic E-state index is 9.55. The largest absolute Gasteiger partial charge is 0.506 e. The van der Waals surface area contributed by atoms with Gasteiger partial charge in [0.15, 0.2) is 0 Å². The Morgan fingerprint density at radius 3 is 2.68 bits per heavy atom. The molecule has 146 valence electrons. The second-order valence-corrected chi connectivity index (χ2v) is 7.45. The van der Waals surface area contributed by atoms with Crippen molar-refractivity contribution in [3.8, 4) is 17.1 Å². The summed E-state index contributed by atoms with van der Waals surface area (Å²) < 4.78 is 0. The van der Waals surface area contributed by atoms with Crippen molar-refractivity contribution in [1.82, 2.24) is 20.2 Å². The number of hydrogen-bond donors (Lipinski definition) is 4. The number of nitrogens with zero attached hydrogens (tertiary/aromatic N) is 2. The summed E-state index contributed by atoms with van der Waals surface area (Å²) in [5.74, 6) is 1.07. The first-order valence-electron chi connectivity index (χ1n) is 9.80. The molecule has 6 heteroatoms. The average Bonchev–Trinajstić information content (AvgIpc) is 3.20. The number of phenols is 1. The Kier molecular flexibility index (Phi) is 5.60. The van der Waals surface area contributed by atoms with Crippen LogP contribution in [0.2, 0.25) is 0 Å². The van der Waals surface area contributed by atoms with Crippen LogP contribution in [0.5, 0.6) is 5.75 Å². The molecule has 3 aromatic rings. The van der Waals surface area contributed by atoms with Crippen LogP contribution in [0.25, 0.3) is 11.4 Å². The summed E-state index contributed by atoms with van der Waals surface area (Å²) in [7, 11) is 0. The van der Waals surface area contributed by atoms with Crippen molar-refractivity contribution in [1.29, 1.82) is 0 Å². The van der Waals surface area contributed by atoms with Gasteiger partial charge in [0.1, 0.15) is 11.6 Å². The lowest BCUT2D eigenvalue weighted by Gasteiger charge is -2.32. The highest BCUT2D eigenvalue weighted by Crippen LogP contribution is 2.22. The van der Waals surface area contributed by atoms with Gasteiger partial charge in [-0.25, -0.2) is 4.98 Å². The van der Waals surface area contributed by atoms with E-state index < -0.39 is 0 Å². The standard InChI is InChI=1S/C22H27N5O/c23-20-12-16(6-7-21(20)28)15-27-10-8-18(9-11-27)24-13-19-14-25-22(26-19)17-4-2-1-3-5-17/h1-7,12,14,18,24,28H,8-11,13,15,23H2,(H,25,26). The molecule has 0 saturated carbocycles. The molecule has 0 atom stereocenters. The maximum Gasteiger partial charge on any atom is 0.138 e. The van der Waals surface area contributed by atoms with E-state index in [-0.39, 0.29) is 5.75 Å². The summed E-state index contributed by atoms with van der Waals surface area (Å²) in [6.45, 7) is 3.78. The smallest absolute Gasteiger partial charge is 0.138 e. The number of hydrogen-bond acceptors (Lipinski definition) is 5. The minimum Gasteiger partial charge on any atom is -0.506 e. The van der Waals surface area contributed by atoms with Gasteiger partial charge in [-0.2, -0.15) is 0 Å². The molecule has 2 heterocycles. The molecular formula is C22H27N5O. The van der Waals surface area contributed by atoms with Gasteiger partial charge in [-0.15, -0.1) is 0 Å². The Morgan fingerprint density at radius 1 is 1.14 bits per heavy atom. The molecule has 1 aliphatic heterocycles. The molecule has 4 rings (SSSR count). The van der Waals surface area contributed by atoms with E-state index in [1.165, 1.54) is 0 Å². The van der Waals surface area contributed by atoms with E-state index in [0.717, 1.165) is 61.7 Å². The fourth-order valence-corrected chi connectivity index (χ4v) is 3.70.